The van der Waals surface area contributed by atoms with Crippen LogP contribution < -0.4 is 10.6 Å². The van der Waals surface area contributed by atoms with Crippen LogP contribution in [0, 0.1) is 11.8 Å². The lowest BCUT2D eigenvalue weighted by molar-refractivity contribution is -0.149. The molecule has 0 spiro atoms. The second-order valence-corrected chi connectivity index (χ2v) is 5.77. The van der Waals surface area contributed by atoms with Gasteiger partial charge in [-0.05, 0) is 31.6 Å². The molecule has 0 unspecified atom stereocenters. The van der Waals surface area contributed by atoms with Crippen LogP contribution in [0.15, 0.2) is 0 Å². The molecule has 0 aromatic carbocycles. The number of urea groups is 1. The van der Waals surface area contributed by atoms with Crippen molar-refractivity contribution in [2.45, 2.75) is 51.5 Å². The van der Waals surface area contributed by atoms with Gasteiger partial charge in [0.1, 0.15) is 0 Å². The summed E-state index contributed by atoms with van der Waals surface area (Å²) in [6.07, 6.45) is 6.00. The Labute approximate surface area is 118 Å². The lowest BCUT2D eigenvalue weighted by atomic mass is 9.86. The predicted molar refractivity (Wildman–Crippen MR) is 71.8 cm³/mol. The van der Waals surface area contributed by atoms with Gasteiger partial charge in [-0.25, -0.2) is 4.79 Å². The van der Waals surface area contributed by atoms with Gasteiger partial charge >= 0.3 is 12.0 Å². The normalized spacial score (nSPS) is 25.6. The van der Waals surface area contributed by atoms with E-state index in [0.29, 0.717) is 5.92 Å². The van der Waals surface area contributed by atoms with E-state index in [1.54, 1.807) is 0 Å². The number of hydrogen-bond acceptors (Lipinski definition) is 4. The Morgan fingerprint density at radius 3 is 2.45 bits per heavy atom. The van der Waals surface area contributed by atoms with Crippen LogP contribution in [-0.4, -0.2) is 30.6 Å². The third-order valence-electron chi connectivity index (χ3n) is 3.94. The summed E-state index contributed by atoms with van der Waals surface area (Å²) < 4.78 is 4.81. The molecule has 20 heavy (non-hydrogen) atoms. The summed E-state index contributed by atoms with van der Waals surface area (Å²) >= 11 is 0. The molecule has 2 fully saturated rings. The molecule has 112 valence electrons. The number of carbonyl (C=O) groups is 3. The second kappa shape index (κ2) is 6.72. The zero-order valence-electron chi connectivity index (χ0n) is 11.8. The topological polar surface area (TPSA) is 84.5 Å². The summed E-state index contributed by atoms with van der Waals surface area (Å²) in [6.45, 7) is 1.71. The highest BCUT2D eigenvalue weighted by atomic mass is 16.5. The van der Waals surface area contributed by atoms with Crippen LogP contribution in [-0.2, 0) is 14.3 Å². The average molecular weight is 282 g/mol. The van der Waals surface area contributed by atoms with Crippen molar-refractivity contribution < 1.29 is 19.1 Å². The number of rotatable bonds is 4. The fourth-order valence-corrected chi connectivity index (χ4v) is 2.47. The smallest absolute Gasteiger partial charge is 0.321 e. The molecular formula is C14H22N2O4. The molecule has 0 bridgehead atoms. The summed E-state index contributed by atoms with van der Waals surface area (Å²) in [4.78, 5) is 34.4. The van der Waals surface area contributed by atoms with Gasteiger partial charge in [-0.3, -0.25) is 14.9 Å². The van der Waals surface area contributed by atoms with Crippen molar-refractivity contribution in [1.82, 2.24) is 10.6 Å². The SMILES string of the molecule is C[C@@H]1CCCC[C@@H]1NC(=O)NC(=O)COC(=O)C1CC1. The first kappa shape index (κ1) is 14.8. The summed E-state index contributed by atoms with van der Waals surface area (Å²) in [5.74, 6) is -0.543. The average Bonchev–Trinajstić information content (AvgIpc) is 3.23. The first-order valence-electron chi connectivity index (χ1n) is 7.33. The number of amides is 3. The number of hydrogen-bond donors (Lipinski definition) is 2. The van der Waals surface area contributed by atoms with Crippen molar-refractivity contribution >= 4 is 17.9 Å². The molecule has 6 nitrogen and oxygen atoms in total. The number of nitrogens with one attached hydrogen (secondary N) is 2. The Morgan fingerprint density at radius 2 is 1.80 bits per heavy atom. The van der Waals surface area contributed by atoms with Crippen molar-refractivity contribution in [3.05, 3.63) is 0 Å². The molecule has 3 amide bonds. The van der Waals surface area contributed by atoms with Gasteiger partial charge < -0.3 is 10.1 Å². The van der Waals surface area contributed by atoms with Gasteiger partial charge in [0, 0.05) is 6.04 Å². The van der Waals surface area contributed by atoms with E-state index >= 15 is 0 Å². The van der Waals surface area contributed by atoms with Crippen molar-refractivity contribution in [2.75, 3.05) is 6.61 Å². The molecular weight excluding hydrogens is 260 g/mol. The minimum absolute atomic E-state index is 0.0419. The molecule has 2 aliphatic rings. The molecule has 0 saturated heterocycles. The molecule has 2 N–H and O–H groups in total. The van der Waals surface area contributed by atoms with E-state index in [1.807, 2.05) is 0 Å². The third kappa shape index (κ3) is 4.51. The van der Waals surface area contributed by atoms with Crippen molar-refractivity contribution in [3.63, 3.8) is 0 Å². The van der Waals surface area contributed by atoms with Crippen LogP contribution in [0.25, 0.3) is 0 Å². The minimum Gasteiger partial charge on any atom is -0.455 e. The van der Waals surface area contributed by atoms with Gasteiger partial charge in [0.2, 0.25) is 0 Å². The summed E-state index contributed by atoms with van der Waals surface area (Å²) in [5, 5.41) is 5.01. The fourth-order valence-electron chi connectivity index (χ4n) is 2.47. The largest absolute Gasteiger partial charge is 0.455 e. The molecule has 0 radical (unpaired) electrons. The van der Waals surface area contributed by atoms with E-state index in [9.17, 15) is 14.4 Å². The quantitative estimate of drug-likeness (QED) is 0.762. The summed E-state index contributed by atoms with van der Waals surface area (Å²) in [5.41, 5.74) is 0. The fraction of sp³-hybridized carbons (Fsp3) is 0.786. The Morgan fingerprint density at radius 1 is 1.10 bits per heavy atom. The molecule has 2 saturated carbocycles. The molecule has 2 atom stereocenters. The highest BCUT2D eigenvalue weighted by molar-refractivity contribution is 5.95. The third-order valence-corrected chi connectivity index (χ3v) is 3.94. The molecule has 2 rings (SSSR count). The lowest BCUT2D eigenvalue weighted by Gasteiger charge is -2.29. The predicted octanol–water partition coefficient (Wildman–Crippen LogP) is 1.34. The zero-order chi connectivity index (χ0) is 14.5. The van der Waals surface area contributed by atoms with Crippen LogP contribution in [0.5, 0.6) is 0 Å². The van der Waals surface area contributed by atoms with Crippen LogP contribution in [0.3, 0.4) is 0 Å². The van der Waals surface area contributed by atoms with Crippen LogP contribution >= 0.6 is 0 Å². The molecule has 0 heterocycles. The first-order chi connectivity index (χ1) is 9.56. The van der Waals surface area contributed by atoms with Crippen molar-refractivity contribution in [1.29, 1.82) is 0 Å². The van der Waals surface area contributed by atoms with E-state index in [0.717, 1.165) is 32.1 Å². The molecule has 0 aromatic rings. The van der Waals surface area contributed by atoms with Crippen LogP contribution in [0.1, 0.15) is 45.4 Å². The van der Waals surface area contributed by atoms with Crippen LogP contribution in [0.4, 0.5) is 4.79 Å². The Kier molecular flexibility index (Phi) is 4.98. The molecule has 0 aliphatic heterocycles. The monoisotopic (exact) mass is 282 g/mol. The first-order valence-corrected chi connectivity index (χ1v) is 7.33. The van der Waals surface area contributed by atoms with E-state index < -0.39 is 11.9 Å². The molecule has 2 aliphatic carbocycles. The molecule has 0 aromatic heterocycles. The number of carbonyl (C=O) groups excluding carboxylic acids is 3. The minimum atomic E-state index is -0.583. The number of ether oxygens (including phenoxy) is 1. The number of imide groups is 1. The van der Waals surface area contributed by atoms with Gasteiger partial charge in [-0.1, -0.05) is 19.8 Å². The van der Waals surface area contributed by atoms with Crippen molar-refractivity contribution in [3.8, 4) is 0 Å². The highest BCUT2D eigenvalue weighted by Crippen LogP contribution is 2.29. The van der Waals surface area contributed by atoms with Crippen molar-refractivity contribution in [2.24, 2.45) is 11.8 Å². The summed E-state index contributed by atoms with van der Waals surface area (Å²) in [6, 6.07) is -0.387. The van der Waals surface area contributed by atoms with Gasteiger partial charge in [-0.15, -0.1) is 0 Å². The van der Waals surface area contributed by atoms with E-state index in [1.165, 1.54) is 6.42 Å². The van der Waals surface area contributed by atoms with E-state index in [4.69, 9.17) is 4.74 Å². The van der Waals surface area contributed by atoms with E-state index in [-0.39, 0.29) is 24.5 Å². The van der Waals surface area contributed by atoms with Crippen LogP contribution in [0.2, 0.25) is 0 Å². The Balaban J connectivity index is 1.65. The Hall–Kier alpha value is -1.59. The zero-order valence-corrected chi connectivity index (χ0v) is 11.8. The Bertz CT molecular complexity index is 393. The maximum absolute atomic E-state index is 11.7. The second-order valence-electron chi connectivity index (χ2n) is 5.77. The van der Waals surface area contributed by atoms with Gasteiger partial charge in [0.25, 0.3) is 5.91 Å². The standard InChI is InChI=1S/C14H22N2O4/c1-9-4-2-3-5-11(9)15-14(19)16-12(17)8-20-13(18)10-6-7-10/h9-11H,2-8H2,1H3,(H2,15,16,17,19)/t9-,11+/m1/s1. The maximum atomic E-state index is 11.7. The number of esters is 1. The maximum Gasteiger partial charge on any atom is 0.321 e. The van der Waals surface area contributed by atoms with Gasteiger partial charge in [0.05, 0.1) is 5.92 Å². The van der Waals surface area contributed by atoms with E-state index in [2.05, 4.69) is 17.6 Å². The highest BCUT2D eigenvalue weighted by Gasteiger charge is 2.31. The van der Waals surface area contributed by atoms with Gasteiger partial charge in [-0.2, -0.15) is 0 Å². The lowest BCUT2D eigenvalue weighted by Crippen LogP contribution is -2.48. The molecule has 6 heteroatoms. The summed E-state index contributed by atoms with van der Waals surface area (Å²) in [7, 11) is 0. The van der Waals surface area contributed by atoms with Gasteiger partial charge in [0.15, 0.2) is 6.61 Å².